The van der Waals surface area contributed by atoms with Gasteiger partial charge in [0.1, 0.15) is 12.4 Å². The summed E-state index contributed by atoms with van der Waals surface area (Å²) >= 11 is 7.03. The van der Waals surface area contributed by atoms with E-state index in [2.05, 4.69) is 41.9 Å². The lowest BCUT2D eigenvalue weighted by atomic mass is 10.2. The van der Waals surface area contributed by atoms with Gasteiger partial charge in [-0.2, -0.15) is 9.78 Å². The van der Waals surface area contributed by atoms with Crippen molar-refractivity contribution in [1.82, 2.24) is 9.66 Å². The summed E-state index contributed by atoms with van der Waals surface area (Å²) in [6.07, 6.45) is 2.16. The van der Waals surface area contributed by atoms with Gasteiger partial charge >= 0.3 is 0 Å². The average Bonchev–Trinajstić information content (AvgIpc) is 3.37. The summed E-state index contributed by atoms with van der Waals surface area (Å²) in [5.74, 6) is 3.14. The molecule has 2 heterocycles. The van der Waals surface area contributed by atoms with Crippen molar-refractivity contribution < 1.29 is 18.9 Å². The molecule has 0 saturated heterocycles. The molecule has 10 heteroatoms. The summed E-state index contributed by atoms with van der Waals surface area (Å²) in [5, 5.41) is 4.99. The number of hydrogen-bond acceptors (Lipinski definition) is 7. The minimum atomic E-state index is -0.232. The molecule has 1 aliphatic heterocycles. The highest BCUT2D eigenvalue weighted by atomic mass is 79.9. The van der Waals surface area contributed by atoms with Crippen molar-refractivity contribution in [2.24, 2.45) is 5.10 Å². The van der Waals surface area contributed by atoms with Crippen LogP contribution in [0.4, 0.5) is 0 Å². The van der Waals surface area contributed by atoms with Crippen molar-refractivity contribution in [2.75, 3.05) is 13.4 Å². The van der Waals surface area contributed by atoms with Gasteiger partial charge in [0.05, 0.1) is 23.7 Å². The molecule has 0 unspecified atom stereocenters. The Labute approximate surface area is 230 Å². The Hall–Kier alpha value is -3.37. The Bertz CT molecular complexity index is 1570. The van der Waals surface area contributed by atoms with Crippen LogP contribution in [0, 0.1) is 0 Å². The van der Waals surface area contributed by atoms with Crippen molar-refractivity contribution >= 4 is 49.0 Å². The van der Waals surface area contributed by atoms with E-state index in [-0.39, 0.29) is 12.4 Å². The van der Waals surface area contributed by atoms with Crippen molar-refractivity contribution in [2.45, 2.75) is 26.9 Å². The van der Waals surface area contributed by atoms with E-state index in [0.717, 1.165) is 25.8 Å². The summed E-state index contributed by atoms with van der Waals surface area (Å²) in [6, 6.07) is 14.8. The molecule has 0 fully saturated rings. The average molecular weight is 629 g/mol. The molecule has 5 rings (SSSR count). The lowest BCUT2D eigenvalue weighted by Gasteiger charge is -2.14. The summed E-state index contributed by atoms with van der Waals surface area (Å²) in [5.41, 5.74) is 2.07. The Kier molecular flexibility index (Phi) is 7.48. The van der Waals surface area contributed by atoms with E-state index in [1.54, 1.807) is 12.3 Å². The van der Waals surface area contributed by atoms with Crippen molar-refractivity contribution in [1.29, 1.82) is 0 Å². The summed E-state index contributed by atoms with van der Waals surface area (Å²) < 4.78 is 25.6. The molecule has 0 saturated carbocycles. The van der Waals surface area contributed by atoms with Crippen LogP contribution in [-0.2, 0) is 13.0 Å². The van der Waals surface area contributed by atoms with Crippen LogP contribution in [0.25, 0.3) is 10.9 Å². The number of nitrogens with zero attached hydrogens (tertiary/aromatic N) is 3. The third kappa shape index (κ3) is 5.35. The number of fused-ring (bicyclic) bond motifs is 2. The number of ether oxygens (including phenoxy) is 4. The first kappa shape index (κ1) is 25.3. The predicted molar refractivity (Wildman–Crippen MR) is 148 cm³/mol. The molecule has 3 aromatic carbocycles. The third-order valence-electron chi connectivity index (χ3n) is 5.70. The van der Waals surface area contributed by atoms with E-state index in [9.17, 15) is 4.79 Å². The summed E-state index contributed by atoms with van der Waals surface area (Å²) in [7, 11) is 0. The highest BCUT2D eigenvalue weighted by Crippen LogP contribution is 2.36. The van der Waals surface area contributed by atoms with Crippen molar-refractivity contribution in [3.05, 3.63) is 84.8 Å². The number of hydrogen-bond donors (Lipinski definition) is 0. The maximum atomic E-state index is 13.2. The third-order valence-corrected chi connectivity index (χ3v) is 6.88. The highest BCUT2D eigenvalue weighted by Gasteiger charge is 2.15. The zero-order valence-electron chi connectivity index (χ0n) is 20.2. The zero-order chi connectivity index (χ0) is 25.9. The molecule has 0 atom stereocenters. The molecular weight excluding hydrogens is 606 g/mol. The molecular formula is C27H23Br2N3O5. The van der Waals surface area contributed by atoms with Crippen molar-refractivity contribution in [3.63, 3.8) is 0 Å². The number of aromatic nitrogens is 2. The molecule has 190 valence electrons. The van der Waals surface area contributed by atoms with E-state index in [0.29, 0.717) is 53.6 Å². The first-order chi connectivity index (χ1) is 18.0. The first-order valence-corrected chi connectivity index (χ1v) is 13.3. The van der Waals surface area contributed by atoms with E-state index < -0.39 is 0 Å². The Morgan fingerprint density at radius 1 is 1.03 bits per heavy atom. The number of rotatable bonds is 8. The highest BCUT2D eigenvalue weighted by molar-refractivity contribution is 9.10. The molecule has 1 aromatic heterocycles. The fourth-order valence-corrected chi connectivity index (χ4v) is 4.67. The summed E-state index contributed by atoms with van der Waals surface area (Å²) in [4.78, 5) is 17.8. The van der Waals surface area contributed by atoms with Gasteiger partial charge in [0.25, 0.3) is 5.56 Å². The standard InChI is InChI=1S/C27H23Br2N3O5/c1-3-26-31-21-7-6-18(28)11-19(21)27(33)32(26)30-13-17-10-24(34-4-2)25(12-20(17)29)35-14-16-5-8-22-23(9-16)37-15-36-22/h5-13H,3-4,14-15H2,1-2H3. The number of benzene rings is 3. The molecule has 0 aliphatic carbocycles. The van der Waals surface area contributed by atoms with Gasteiger partial charge in [-0.25, -0.2) is 4.98 Å². The second-order valence-electron chi connectivity index (χ2n) is 8.13. The normalized spacial score (nSPS) is 12.4. The van der Waals surface area contributed by atoms with Gasteiger partial charge in [0.15, 0.2) is 23.0 Å². The Morgan fingerprint density at radius 3 is 2.65 bits per heavy atom. The molecule has 0 spiro atoms. The summed E-state index contributed by atoms with van der Waals surface area (Å²) in [6.45, 7) is 4.85. The minimum absolute atomic E-state index is 0.225. The lowest BCUT2D eigenvalue weighted by Crippen LogP contribution is -2.22. The molecule has 37 heavy (non-hydrogen) atoms. The molecule has 4 aromatic rings. The fourth-order valence-electron chi connectivity index (χ4n) is 3.89. The molecule has 8 nitrogen and oxygen atoms in total. The van der Waals surface area contributed by atoms with Gasteiger partial charge in [-0.15, -0.1) is 0 Å². The maximum absolute atomic E-state index is 13.2. The van der Waals surface area contributed by atoms with E-state index in [1.165, 1.54) is 4.68 Å². The lowest BCUT2D eigenvalue weighted by molar-refractivity contribution is 0.174. The van der Waals surface area contributed by atoms with E-state index >= 15 is 0 Å². The molecule has 1 aliphatic rings. The van der Waals surface area contributed by atoms with Crippen LogP contribution in [0.2, 0.25) is 0 Å². The van der Waals surface area contributed by atoms with Crippen LogP contribution in [0.15, 0.2) is 67.4 Å². The van der Waals surface area contributed by atoms with Crippen LogP contribution < -0.4 is 24.5 Å². The van der Waals surface area contributed by atoms with Crippen LogP contribution in [0.5, 0.6) is 23.0 Å². The SMILES string of the molecule is CCOc1cc(C=Nn2c(CC)nc3ccc(Br)cc3c2=O)c(Br)cc1OCc1ccc2c(c1)OCO2. The first-order valence-electron chi connectivity index (χ1n) is 11.7. The van der Waals surface area contributed by atoms with Gasteiger partial charge in [0, 0.05) is 20.9 Å². The maximum Gasteiger partial charge on any atom is 0.282 e. The number of halogens is 2. The van der Waals surface area contributed by atoms with E-state index in [4.69, 9.17) is 18.9 Å². The van der Waals surface area contributed by atoms with Gasteiger partial charge < -0.3 is 18.9 Å². The van der Waals surface area contributed by atoms with Crippen LogP contribution in [0.3, 0.4) is 0 Å². The van der Waals surface area contributed by atoms with Crippen molar-refractivity contribution in [3.8, 4) is 23.0 Å². The predicted octanol–water partition coefficient (Wildman–Crippen LogP) is 6.07. The van der Waals surface area contributed by atoms with Crippen LogP contribution in [-0.4, -0.2) is 29.3 Å². The molecule has 0 radical (unpaired) electrons. The van der Waals surface area contributed by atoms with Crippen LogP contribution >= 0.6 is 31.9 Å². The van der Waals surface area contributed by atoms with Gasteiger partial charge in [-0.1, -0.05) is 28.9 Å². The van der Waals surface area contributed by atoms with Gasteiger partial charge in [0.2, 0.25) is 6.79 Å². The quantitative estimate of drug-likeness (QED) is 0.220. The topological polar surface area (TPSA) is 84.2 Å². The number of aryl methyl sites for hydroxylation is 1. The van der Waals surface area contributed by atoms with Gasteiger partial charge in [-0.05, 0) is 70.9 Å². The Balaban J connectivity index is 1.44. The molecule has 0 amide bonds. The molecule has 0 N–H and O–H groups in total. The van der Waals surface area contributed by atoms with Gasteiger partial charge in [-0.3, -0.25) is 4.79 Å². The van der Waals surface area contributed by atoms with E-state index in [1.807, 2.05) is 56.3 Å². The monoisotopic (exact) mass is 627 g/mol. The molecule has 0 bridgehead atoms. The fraction of sp³-hybridized carbons (Fsp3) is 0.222. The second-order valence-corrected chi connectivity index (χ2v) is 9.90. The Morgan fingerprint density at radius 2 is 1.84 bits per heavy atom. The largest absolute Gasteiger partial charge is 0.490 e. The van der Waals surface area contributed by atoms with Crippen LogP contribution in [0.1, 0.15) is 30.8 Å². The zero-order valence-corrected chi connectivity index (χ0v) is 23.3. The second kappa shape index (κ2) is 10.9. The smallest absolute Gasteiger partial charge is 0.282 e. The minimum Gasteiger partial charge on any atom is -0.490 e.